The van der Waals surface area contributed by atoms with E-state index in [1.165, 1.54) is 94.0 Å². The van der Waals surface area contributed by atoms with Crippen LogP contribution in [0.2, 0.25) is 0 Å². The minimum atomic E-state index is -0.548. The molecule has 1 spiro atoms. The summed E-state index contributed by atoms with van der Waals surface area (Å²) in [5.41, 5.74) is 16.6. The number of rotatable bonds is 3. The van der Waals surface area contributed by atoms with Crippen molar-refractivity contribution in [3.8, 4) is 44.9 Å². The summed E-state index contributed by atoms with van der Waals surface area (Å²) in [4.78, 5) is 0. The van der Waals surface area contributed by atoms with Gasteiger partial charge in [0, 0.05) is 16.5 Å². The molecule has 0 saturated heterocycles. The summed E-state index contributed by atoms with van der Waals surface area (Å²) in [5.74, 6) is 1.84. The highest BCUT2D eigenvalue weighted by Gasteiger charge is 2.52. The molecule has 2 aliphatic carbocycles. The number of hydrogen-bond donors (Lipinski definition) is 0. The van der Waals surface area contributed by atoms with Crippen LogP contribution in [0.5, 0.6) is 11.5 Å². The number of hydrogen-bond acceptors (Lipinski definition) is 1. The molecule has 1 aliphatic heterocycles. The van der Waals surface area contributed by atoms with Gasteiger partial charge in [0.25, 0.3) is 0 Å². The minimum Gasteiger partial charge on any atom is -0.456 e. The largest absolute Gasteiger partial charge is 0.456 e. The van der Waals surface area contributed by atoms with Crippen molar-refractivity contribution in [2.45, 2.75) is 10.8 Å². The van der Waals surface area contributed by atoms with E-state index in [1.807, 2.05) is 0 Å². The maximum atomic E-state index is 7.04. The molecule has 0 amide bonds. The lowest BCUT2D eigenvalue weighted by atomic mass is 9.65. The molecule has 0 fully saturated rings. The molecule has 1 heterocycles. The summed E-state index contributed by atoms with van der Waals surface area (Å²) in [6.45, 7) is 0. The van der Waals surface area contributed by atoms with Crippen molar-refractivity contribution < 1.29 is 4.74 Å². The Morgan fingerprint density at radius 1 is 0.305 bits per heavy atom. The Morgan fingerprint density at radius 2 is 0.847 bits per heavy atom. The molecule has 0 radical (unpaired) electrons. The number of para-hydroxylation sites is 1. The van der Waals surface area contributed by atoms with Gasteiger partial charge >= 0.3 is 0 Å². The maximum absolute atomic E-state index is 7.04. The van der Waals surface area contributed by atoms with E-state index in [9.17, 15) is 0 Å². The summed E-state index contributed by atoms with van der Waals surface area (Å²) >= 11 is 0. The molecule has 1 unspecified atom stereocenters. The van der Waals surface area contributed by atoms with Crippen molar-refractivity contribution in [2.75, 3.05) is 0 Å². The molecule has 1 nitrogen and oxygen atoms in total. The second-order valence-corrected chi connectivity index (χ2v) is 16.2. The first kappa shape index (κ1) is 32.6. The van der Waals surface area contributed by atoms with Gasteiger partial charge in [-0.3, -0.25) is 0 Å². The number of ether oxygens (including phenoxy) is 1. The molecular weight excluding hydrogens is 713 g/mol. The predicted octanol–water partition coefficient (Wildman–Crippen LogP) is 14.5. The lowest BCUT2D eigenvalue weighted by molar-refractivity contribution is 0.442. The smallest absolute Gasteiger partial charge is 0.140 e. The summed E-state index contributed by atoms with van der Waals surface area (Å²) in [7, 11) is 0. The third kappa shape index (κ3) is 4.14. The lowest BCUT2D eigenvalue weighted by Crippen LogP contribution is -2.32. The Balaban J connectivity index is 1.08. The van der Waals surface area contributed by atoms with Crippen LogP contribution in [0.15, 0.2) is 218 Å². The van der Waals surface area contributed by atoms with Crippen LogP contribution in [0.3, 0.4) is 0 Å². The SMILES string of the molecule is c1ccc(C2(c3ccc(-c4cc5c(c6ccccc46)Oc4ccccc4C54c5ccccc5-c5ccccc54)cc3)c3ccccc3-c3c2ccc2ccccc32)cc1. The van der Waals surface area contributed by atoms with Crippen LogP contribution in [0, 0.1) is 0 Å². The first-order valence-corrected chi connectivity index (χ1v) is 20.6. The molecule has 274 valence electrons. The number of benzene rings is 10. The topological polar surface area (TPSA) is 9.23 Å². The van der Waals surface area contributed by atoms with E-state index in [0.717, 1.165) is 16.9 Å². The molecule has 13 rings (SSSR count). The molecule has 1 atom stereocenters. The van der Waals surface area contributed by atoms with Gasteiger partial charge in [0.15, 0.2) is 0 Å². The zero-order chi connectivity index (χ0) is 38.7. The fourth-order valence-corrected chi connectivity index (χ4v) is 11.3. The highest BCUT2D eigenvalue weighted by atomic mass is 16.5. The molecule has 3 aliphatic rings. The standard InChI is InChI=1S/C58H36O/c1-2-17-39(18-3-1)57(50-27-13-10-24-46(50)55-41-19-5-4-16-37(41)32-35-52(55)57)40-33-30-38(31-34-40)47-36-53-56(45-23-7-6-20-42(45)47)59-54-29-15-14-28-51(54)58(53)48-25-11-8-21-43(48)44-22-9-12-26-49(44)58/h1-36H. The molecule has 59 heavy (non-hydrogen) atoms. The lowest BCUT2D eigenvalue weighted by Gasteiger charge is -2.40. The highest BCUT2D eigenvalue weighted by molar-refractivity contribution is 6.06. The van der Waals surface area contributed by atoms with E-state index < -0.39 is 10.8 Å². The van der Waals surface area contributed by atoms with E-state index in [1.54, 1.807) is 0 Å². The van der Waals surface area contributed by atoms with Crippen molar-refractivity contribution in [1.82, 2.24) is 0 Å². The van der Waals surface area contributed by atoms with Crippen molar-refractivity contribution >= 4 is 21.5 Å². The normalized spacial score (nSPS) is 16.1. The average molecular weight is 749 g/mol. The van der Waals surface area contributed by atoms with Crippen molar-refractivity contribution in [3.05, 3.63) is 263 Å². The molecule has 10 aromatic rings. The van der Waals surface area contributed by atoms with Gasteiger partial charge in [-0.05, 0) is 95.1 Å². The number of fused-ring (bicyclic) bond motifs is 16. The van der Waals surface area contributed by atoms with Gasteiger partial charge in [0.1, 0.15) is 11.5 Å². The van der Waals surface area contributed by atoms with Gasteiger partial charge in [-0.2, -0.15) is 0 Å². The van der Waals surface area contributed by atoms with Crippen LogP contribution >= 0.6 is 0 Å². The molecule has 0 saturated carbocycles. The van der Waals surface area contributed by atoms with Crippen LogP contribution in [0.4, 0.5) is 0 Å². The minimum absolute atomic E-state index is 0.494. The van der Waals surface area contributed by atoms with Gasteiger partial charge in [-0.25, -0.2) is 0 Å². The monoisotopic (exact) mass is 748 g/mol. The van der Waals surface area contributed by atoms with Crippen LogP contribution in [-0.2, 0) is 10.8 Å². The van der Waals surface area contributed by atoms with E-state index in [0.29, 0.717) is 0 Å². The van der Waals surface area contributed by atoms with Crippen molar-refractivity contribution in [1.29, 1.82) is 0 Å². The fourth-order valence-electron chi connectivity index (χ4n) is 11.3. The average Bonchev–Trinajstić information content (AvgIpc) is 3.78. The van der Waals surface area contributed by atoms with Gasteiger partial charge < -0.3 is 4.74 Å². The van der Waals surface area contributed by atoms with Crippen LogP contribution in [0.1, 0.15) is 44.5 Å². The Kier molecular flexibility index (Phi) is 6.64. The van der Waals surface area contributed by atoms with Crippen LogP contribution in [-0.4, -0.2) is 0 Å². The highest BCUT2D eigenvalue weighted by Crippen LogP contribution is 2.64. The first-order valence-electron chi connectivity index (χ1n) is 20.6. The molecule has 0 N–H and O–H groups in total. The quantitative estimate of drug-likeness (QED) is 0.175. The zero-order valence-corrected chi connectivity index (χ0v) is 32.2. The molecular formula is C58H36O. The molecule has 0 bridgehead atoms. The second kappa shape index (κ2) is 12.0. The van der Waals surface area contributed by atoms with Gasteiger partial charge in [0.2, 0.25) is 0 Å². The Bertz CT molecular complexity index is 3310. The fraction of sp³-hybridized carbons (Fsp3) is 0.0345. The Labute approximate surface area is 343 Å². The van der Waals surface area contributed by atoms with E-state index >= 15 is 0 Å². The van der Waals surface area contributed by atoms with Crippen molar-refractivity contribution in [2.24, 2.45) is 0 Å². The van der Waals surface area contributed by atoms with E-state index in [-0.39, 0.29) is 0 Å². The van der Waals surface area contributed by atoms with E-state index in [2.05, 4.69) is 218 Å². The third-order valence-corrected chi connectivity index (χ3v) is 13.6. The third-order valence-electron chi connectivity index (χ3n) is 13.6. The molecule has 1 heteroatoms. The van der Waals surface area contributed by atoms with Gasteiger partial charge in [0.05, 0.1) is 10.8 Å². The summed E-state index contributed by atoms with van der Waals surface area (Å²) in [6, 6.07) is 81.0. The molecule has 10 aromatic carbocycles. The zero-order valence-electron chi connectivity index (χ0n) is 32.2. The van der Waals surface area contributed by atoms with Crippen LogP contribution in [0.25, 0.3) is 54.9 Å². The Morgan fingerprint density at radius 3 is 1.58 bits per heavy atom. The molecule has 0 aromatic heterocycles. The van der Waals surface area contributed by atoms with E-state index in [4.69, 9.17) is 4.74 Å². The van der Waals surface area contributed by atoms with Crippen LogP contribution < -0.4 is 4.74 Å². The van der Waals surface area contributed by atoms with Gasteiger partial charge in [-0.15, -0.1) is 0 Å². The van der Waals surface area contributed by atoms with Crippen molar-refractivity contribution in [3.63, 3.8) is 0 Å². The Hall–Kier alpha value is -7.48. The maximum Gasteiger partial charge on any atom is 0.140 e. The first-order chi connectivity index (χ1) is 29.3. The predicted molar refractivity (Wildman–Crippen MR) is 242 cm³/mol. The second-order valence-electron chi connectivity index (χ2n) is 16.2. The summed E-state index contributed by atoms with van der Waals surface area (Å²) in [5, 5.41) is 4.84. The summed E-state index contributed by atoms with van der Waals surface area (Å²) in [6.07, 6.45) is 0. The summed E-state index contributed by atoms with van der Waals surface area (Å²) < 4.78 is 7.04. The van der Waals surface area contributed by atoms with Gasteiger partial charge in [-0.1, -0.05) is 206 Å².